The number of esters is 1. The van der Waals surface area contributed by atoms with Gasteiger partial charge in [-0.15, -0.1) is 11.3 Å². The van der Waals surface area contributed by atoms with Crippen LogP contribution in [-0.4, -0.2) is 11.0 Å². The van der Waals surface area contributed by atoms with Crippen molar-refractivity contribution in [3.05, 3.63) is 52.5 Å². The predicted octanol–water partition coefficient (Wildman–Crippen LogP) is 5.40. The summed E-state index contributed by atoms with van der Waals surface area (Å²) in [6.45, 7) is 2.21. The molecule has 0 unspecified atom stereocenters. The monoisotopic (exact) mass is 317 g/mol. The van der Waals surface area contributed by atoms with Gasteiger partial charge in [-0.05, 0) is 25.0 Å². The lowest BCUT2D eigenvalue weighted by atomic mass is 10.1. The number of nitrogens with zero attached hydrogens (tertiary/aromatic N) is 1. The molecule has 4 heteroatoms. The Morgan fingerprint density at radius 3 is 2.64 bits per heavy atom. The lowest BCUT2D eigenvalue weighted by Gasteiger charge is -2.15. The highest BCUT2D eigenvalue weighted by atomic mass is 32.1. The Balaban J connectivity index is 1.92. The van der Waals surface area contributed by atoms with E-state index >= 15 is 0 Å². The van der Waals surface area contributed by atoms with Gasteiger partial charge in [0.1, 0.15) is 5.01 Å². The zero-order chi connectivity index (χ0) is 15.6. The number of benzene rings is 1. The molecule has 3 nitrogen and oxygen atoms in total. The van der Waals surface area contributed by atoms with Crippen LogP contribution in [0, 0.1) is 0 Å². The maximum absolute atomic E-state index is 12.2. The van der Waals surface area contributed by atoms with Crippen LogP contribution in [0.4, 0.5) is 0 Å². The maximum Gasteiger partial charge on any atom is 0.338 e. The SMILES string of the molecule is CCCCCCC[C@H](OC(=O)c1ccccc1)c1nccs1. The summed E-state index contributed by atoms with van der Waals surface area (Å²) in [5.41, 5.74) is 0.593. The molecule has 0 aliphatic heterocycles. The van der Waals surface area contributed by atoms with Crippen molar-refractivity contribution in [2.24, 2.45) is 0 Å². The van der Waals surface area contributed by atoms with Crippen LogP contribution in [0.2, 0.25) is 0 Å². The Morgan fingerprint density at radius 2 is 1.95 bits per heavy atom. The number of unbranched alkanes of at least 4 members (excludes halogenated alkanes) is 4. The minimum absolute atomic E-state index is 0.227. The smallest absolute Gasteiger partial charge is 0.338 e. The third-order valence-electron chi connectivity index (χ3n) is 3.56. The number of carbonyl (C=O) groups excluding carboxylic acids is 1. The van der Waals surface area contributed by atoms with E-state index in [9.17, 15) is 4.79 Å². The summed E-state index contributed by atoms with van der Waals surface area (Å²) in [4.78, 5) is 16.6. The van der Waals surface area contributed by atoms with Crippen molar-refractivity contribution >= 4 is 17.3 Å². The Bertz CT molecular complexity index is 539. The number of hydrogen-bond donors (Lipinski definition) is 0. The molecule has 1 heterocycles. The third-order valence-corrected chi connectivity index (χ3v) is 4.42. The highest BCUT2D eigenvalue weighted by molar-refractivity contribution is 7.09. The van der Waals surface area contributed by atoms with Gasteiger partial charge in [0.2, 0.25) is 0 Å². The van der Waals surface area contributed by atoms with E-state index in [2.05, 4.69) is 11.9 Å². The van der Waals surface area contributed by atoms with Gasteiger partial charge in [-0.25, -0.2) is 9.78 Å². The largest absolute Gasteiger partial charge is 0.451 e. The van der Waals surface area contributed by atoms with E-state index in [1.807, 2.05) is 23.6 Å². The first kappa shape index (κ1) is 16.7. The average Bonchev–Trinajstić information content (AvgIpc) is 3.08. The van der Waals surface area contributed by atoms with E-state index in [4.69, 9.17) is 4.74 Å². The van der Waals surface area contributed by atoms with Crippen molar-refractivity contribution in [1.29, 1.82) is 0 Å². The normalized spacial score (nSPS) is 12.0. The van der Waals surface area contributed by atoms with Gasteiger partial charge in [-0.2, -0.15) is 0 Å². The molecule has 0 bridgehead atoms. The summed E-state index contributed by atoms with van der Waals surface area (Å²) in [7, 11) is 0. The molecule has 0 aliphatic rings. The summed E-state index contributed by atoms with van der Waals surface area (Å²) in [6.07, 6.45) is 8.37. The van der Waals surface area contributed by atoms with Gasteiger partial charge in [0.05, 0.1) is 5.56 Å². The van der Waals surface area contributed by atoms with E-state index in [1.165, 1.54) is 25.7 Å². The quantitative estimate of drug-likeness (QED) is 0.459. The third kappa shape index (κ3) is 5.26. The zero-order valence-electron chi connectivity index (χ0n) is 13.0. The minimum atomic E-state index is -0.269. The molecule has 22 heavy (non-hydrogen) atoms. The molecule has 2 rings (SSSR count). The first-order valence-corrected chi connectivity index (χ1v) is 8.84. The molecule has 0 saturated carbocycles. The van der Waals surface area contributed by atoms with E-state index in [0.29, 0.717) is 5.56 Å². The average molecular weight is 317 g/mol. The molecule has 0 aliphatic carbocycles. The Hall–Kier alpha value is -1.68. The standard InChI is InChI=1S/C18H23NO2S/c1-2-3-4-5-9-12-16(17-19-13-14-22-17)21-18(20)15-10-7-6-8-11-15/h6-8,10-11,13-14,16H,2-5,9,12H2,1H3/t16-/m0/s1. The lowest BCUT2D eigenvalue weighted by molar-refractivity contribution is 0.0270. The van der Waals surface area contributed by atoms with Crippen molar-refractivity contribution in [1.82, 2.24) is 4.98 Å². The molecule has 0 fully saturated rings. The van der Waals surface area contributed by atoms with Crippen LogP contribution < -0.4 is 0 Å². The Morgan fingerprint density at radius 1 is 1.18 bits per heavy atom. The molecule has 0 spiro atoms. The van der Waals surface area contributed by atoms with Gasteiger partial charge >= 0.3 is 5.97 Å². The summed E-state index contributed by atoms with van der Waals surface area (Å²) in [5.74, 6) is -0.269. The Kier molecular flexibility index (Phi) is 7.10. The first-order chi connectivity index (χ1) is 10.8. The van der Waals surface area contributed by atoms with Gasteiger partial charge in [0, 0.05) is 11.6 Å². The van der Waals surface area contributed by atoms with Crippen LogP contribution in [0.3, 0.4) is 0 Å². The molecule has 0 N–H and O–H groups in total. The number of aromatic nitrogens is 1. The van der Waals surface area contributed by atoms with Crippen LogP contribution in [0.25, 0.3) is 0 Å². The molecule has 2 aromatic rings. The highest BCUT2D eigenvalue weighted by Gasteiger charge is 2.19. The Labute approximate surface area is 136 Å². The summed E-state index contributed by atoms with van der Waals surface area (Å²) < 4.78 is 5.70. The second-order valence-corrected chi connectivity index (χ2v) is 6.26. The van der Waals surface area contributed by atoms with E-state index in [0.717, 1.165) is 17.8 Å². The molecular formula is C18H23NO2S. The number of hydrogen-bond acceptors (Lipinski definition) is 4. The number of thiazole rings is 1. The molecule has 0 amide bonds. The van der Waals surface area contributed by atoms with Gasteiger partial charge in [-0.1, -0.05) is 50.8 Å². The van der Waals surface area contributed by atoms with Gasteiger partial charge < -0.3 is 4.74 Å². The van der Waals surface area contributed by atoms with Crippen molar-refractivity contribution in [3.8, 4) is 0 Å². The van der Waals surface area contributed by atoms with Crippen LogP contribution in [0.1, 0.15) is 66.9 Å². The fourth-order valence-corrected chi connectivity index (χ4v) is 3.03. The van der Waals surface area contributed by atoms with E-state index in [-0.39, 0.29) is 12.1 Å². The van der Waals surface area contributed by atoms with E-state index < -0.39 is 0 Å². The molecular weight excluding hydrogens is 294 g/mol. The van der Waals surface area contributed by atoms with Crippen LogP contribution >= 0.6 is 11.3 Å². The van der Waals surface area contributed by atoms with Crippen LogP contribution in [0.5, 0.6) is 0 Å². The lowest BCUT2D eigenvalue weighted by Crippen LogP contribution is -2.11. The molecule has 1 aromatic carbocycles. The second kappa shape index (κ2) is 9.36. The zero-order valence-corrected chi connectivity index (χ0v) is 13.8. The topological polar surface area (TPSA) is 39.2 Å². The van der Waals surface area contributed by atoms with Crippen molar-refractivity contribution < 1.29 is 9.53 Å². The second-order valence-electron chi connectivity index (χ2n) is 5.33. The fraction of sp³-hybridized carbons (Fsp3) is 0.444. The van der Waals surface area contributed by atoms with Crippen LogP contribution in [-0.2, 0) is 4.74 Å². The van der Waals surface area contributed by atoms with Crippen LogP contribution in [0.15, 0.2) is 41.9 Å². The van der Waals surface area contributed by atoms with Crippen molar-refractivity contribution in [2.75, 3.05) is 0 Å². The van der Waals surface area contributed by atoms with Crippen molar-refractivity contribution in [3.63, 3.8) is 0 Å². The fourth-order valence-electron chi connectivity index (χ4n) is 2.33. The molecule has 0 saturated heterocycles. The predicted molar refractivity (Wildman–Crippen MR) is 90.1 cm³/mol. The van der Waals surface area contributed by atoms with Gasteiger partial charge in [0.25, 0.3) is 0 Å². The summed E-state index contributed by atoms with van der Waals surface area (Å²) in [6, 6.07) is 9.15. The molecule has 1 atom stereocenters. The van der Waals surface area contributed by atoms with Gasteiger partial charge in [0.15, 0.2) is 6.10 Å². The minimum Gasteiger partial charge on any atom is -0.451 e. The maximum atomic E-state index is 12.2. The number of carbonyl (C=O) groups is 1. The molecule has 1 aromatic heterocycles. The first-order valence-electron chi connectivity index (χ1n) is 7.96. The van der Waals surface area contributed by atoms with Crippen molar-refractivity contribution in [2.45, 2.75) is 51.6 Å². The summed E-state index contributed by atoms with van der Waals surface area (Å²) >= 11 is 1.55. The van der Waals surface area contributed by atoms with Gasteiger partial charge in [-0.3, -0.25) is 0 Å². The number of ether oxygens (including phenoxy) is 1. The summed E-state index contributed by atoms with van der Waals surface area (Å²) in [5, 5.41) is 2.82. The van der Waals surface area contributed by atoms with E-state index in [1.54, 1.807) is 29.7 Å². The highest BCUT2D eigenvalue weighted by Crippen LogP contribution is 2.27. The number of rotatable bonds is 9. The molecule has 118 valence electrons. The molecule has 0 radical (unpaired) electrons.